The van der Waals surface area contributed by atoms with Crippen molar-refractivity contribution in [1.29, 1.82) is 0 Å². The Morgan fingerprint density at radius 2 is 1.93 bits per heavy atom. The molecule has 92 valence electrons. The van der Waals surface area contributed by atoms with E-state index in [1.807, 2.05) is 6.92 Å². The van der Waals surface area contributed by atoms with E-state index in [4.69, 9.17) is 5.73 Å². The van der Waals surface area contributed by atoms with E-state index in [1.165, 1.54) is 4.31 Å². The number of hydrogen-bond acceptors (Lipinski definition) is 3. The number of nitrogens with zero attached hydrogens (tertiary/aromatic N) is 1. The number of rotatable bonds is 9. The van der Waals surface area contributed by atoms with Crippen LogP contribution in [0.15, 0.2) is 0 Å². The summed E-state index contributed by atoms with van der Waals surface area (Å²) in [5.74, 6) is 0. The molecule has 0 amide bonds. The molecule has 0 aliphatic heterocycles. The highest BCUT2D eigenvalue weighted by atomic mass is 32.2. The van der Waals surface area contributed by atoms with Gasteiger partial charge in [0.25, 0.3) is 10.2 Å². The zero-order valence-corrected chi connectivity index (χ0v) is 10.5. The fourth-order valence-electron chi connectivity index (χ4n) is 1.12. The SMILES string of the molecule is CCCNS(=O)(=O)N(C)CCCCCN. The van der Waals surface area contributed by atoms with Gasteiger partial charge in [-0.15, -0.1) is 0 Å². The normalized spacial score (nSPS) is 12.3. The standard InChI is InChI=1S/C9H23N3O2S/c1-3-8-11-15(13,14)12(2)9-6-4-5-7-10/h11H,3-10H2,1-2H3. The van der Waals surface area contributed by atoms with Crippen molar-refractivity contribution in [1.82, 2.24) is 9.03 Å². The number of hydrogen-bond donors (Lipinski definition) is 2. The average molecular weight is 237 g/mol. The van der Waals surface area contributed by atoms with Crippen LogP contribution < -0.4 is 10.5 Å². The first-order valence-corrected chi connectivity index (χ1v) is 6.89. The molecule has 0 spiro atoms. The van der Waals surface area contributed by atoms with Crippen molar-refractivity contribution in [2.75, 3.05) is 26.7 Å². The second-order valence-electron chi connectivity index (χ2n) is 3.57. The van der Waals surface area contributed by atoms with Gasteiger partial charge in [0, 0.05) is 20.1 Å². The number of nitrogens with one attached hydrogen (secondary N) is 1. The third kappa shape index (κ3) is 6.83. The maximum Gasteiger partial charge on any atom is 0.279 e. The van der Waals surface area contributed by atoms with Crippen molar-refractivity contribution < 1.29 is 8.42 Å². The van der Waals surface area contributed by atoms with Crippen molar-refractivity contribution in [3.63, 3.8) is 0 Å². The molecule has 0 atom stereocenters. The lowest BCUT2D eigenvalue weighted by atomic mass is 10.2. The Morgan fingerprint density at radius 1 is 1.27 bits per heavy atom. The quantitative estimate of drug-likeness (QED) is 0.566. The third-order valence-electron chi connectivity index (χ3n) is 2.12. The van der Waals surface area contributed by atoms with Crippen LogP contribution in [0.3, 0.4) is 0 Å². The maximum absolute atomic E-state index is 11.5. The predicted octanol–water partition coefficient (Wildman–Crippen LogP) is 0.292. The van der Waals surface area contributed by atoms with Crippen LogP contribution in [0.4, 0.5) is 0 Å². The molecular weight excluding hydrogens is 214 g/mol. The molecule has 0 aliphatic carbocycles. The molecule has 0 heterocycles. The van der Waals surface area contributed by atoms with Gasteiger partial charge in [-0.05, 0) is 25.8 Å². The molecule has 0 saturated heterocycles. The smallest absolute Gasteiger partial charge is 0.279 e. The topological polar surface area (TPSA) is 75.4 Å². The largest absolute Gasteiger partial charge is 0.330 e. The van der Waals surface area contributed by atoms with Gasteiger partial charge >= 0.3 is 0 Å². The van der Waals surface area contributed by atoms with E-state index in [0.29, 0.717) is 19.6 Å². The molecule has 5 nitrogen and oxygen atoms in total. The maximum atomic E-state index is 11.5. The Bertz CT molecular complexity index is 242. The minimum absolute atomic E-state index is 0.496. The first-order chi connectivity index (χ1) is 7.04. The molecule has 0 bridgehead atoms. The van der Waals surface area contributed by atoms with E-state index < -0.39 is 10.2 Å². The molecule has 0 saturated carbocycles. The van der Waals surface area contributed by atoms with Crippen molar-refractivity contribution in [2.24, 2.45) is 5.73 Å². The van der Waals surface area contributed by atoms with Crippen LogP contribution in [0.2, 0.25) is 0 Å². The molecule has 0 radical (unpaired) electrons. The Morgan fingerprint density at radius 3 is 2.47 bits per heavy atom. The second kappa shape index (κ2) is 8.04. The average Bonchev–Trinajstić information content (AvgIpc) is 2.21. The van der Waals surface area contributed by atoms with E-state index in [0.717, 1.165) is 25.7 Å². The van der Waals surface area contributed by atoms with Crippen molar-refractivity contribution >= 4 is 10.2 Å². The van der Waals surface area contributed by atoms with Gasteiger partial charge < -0.3 is 5.73 Å². The molecular formula is C9H23N3O2S. The molecule has 0 aliphatic rings. The van der Waals surface area contributed by atoms with Gasteiger partial charge in [0.1, 0.15) is 0 Å². The monoisotopic (exact) mass is 237 g/mol. The fourth-order valence-corrected chi connectivity index (χ4v) is 2.17. The van der Waals surface area contributed by atoms with Crippen LogP contribution in [0, 0.1) is 0 Å². The van der Waals surface area contributed by atoms with Crippen LogP contribution in [0.1, 0.15) is 32.6 Å². The second-order valence-corrected chi connectivity index (χ2v) is 5.43. The lowest BCUT2D eigenvalue weighted by Gasteiger charge is -2.17. The van der Waals surface area contributed by atoms with Gasteiger partial charge in [0.2, 0.25) is 0 Å². The summed E-state index contributed by atoms with van der Waals surface area (Å²) >= 11 is 0. The summed E-state index contributed by atoms with van der Waals surface area (Å²) in [6.45, 7) is 3.66. The molecule has 0 rings (SSSR count). The Labute approximate surface area is 93.2 Å². The molecule has 0 aromatic heterocycles. The minimum atomic E-state index is -3.26. The first-order valence-electron chi connectivity index (χ1n) is 5.45. The van der Waals surface area contributed by atoms with Crippen molar-refractivity contribution in [3.8, 4) is 0 Å². The van der Waals surface area contributed by atoms with Crippen LogP contribution in [-0.2, 0) is 10.2 Å². The highest BCUT2D eigenvalue weighted by molar-refractivity contribution is 7.87. The summed E-state index contributed by atoms with van der Waals surface area (Å²) < 4.78 is 27.0. The molecule has 0 aromatic rings. The number of nitrogens with two attached hydrogens (primary N) is 1. The van der Waals surface area contributed by atoms with Gasteiger partial charge in [0.05, 0.1) is 0 Å². The van der Waals surface area contributed by atoms with Gasteiger partial charge in [0.15, 0.2) is 0 Å². The zero-order chi connectivity index (χ0) is 11.7. The highest BCUT2D eigenvalue weighted by Crippen LogP contribution is 2.00. The zero-order valence-electron chi connectivity index (χ0n) is 9.70. The predicted molar refractivity (Wildman–Crippen MR) is 62.7 cm³/mol. The van der Waals surface area contributed by atoms with E-state index in [9.17, 15) is 8.42 Å². The molecule has 0 aromatic carbocycles. The molecule has 6 heteroatoms. The van der Waals surface area contributed by atoms with Gasteiger partial charge in [-0.25, -0.2) is 4.72 Å². The van der Waals surface area contributed by atoms with Crippen LogP contribution >= 0.6 is 0 Å². The fraction of sp³-hybridized carbons (Fsp3) is 1.00. The van der Waals surface area contributed by atoms with Gasteiger partial charge in [-0.3, -0.25) is 0 Å². The van der Waals surface area contributed by atoms with Crippen molar-refractivity contribution in [2.45, 2.75) is 32.6 Å². The summed E-state index contributed by atoms with van der Waals surface area (Å²) in [7, 11) is -1.66. The summed E-state index contributed by atoms with van der Waals surface area (Å²) in [5, 5.41) is 0. The Kier molecular flexibility index (Phi) is 7.95. The molecule has 15 heavy (non-hydrogen) atoms. The lowest BCUT2D eigenvalue weighted by molar-refractivity contribution is 0.443. The van der Waals surface area contributed by atoms with E-state index in [2.05, 4.69) is 4.72 Å². The van der Waals surface area contributed by atoms with E-state index in [1.54, 1.807) is 7.05 Å². The Balaban J connectivity index is 3.81. The third-order valence-corrected chi connectivity index (χ3v) is 3.69. The first kappa shape index (κ1) is 14.8. The Hall–Kier alpha value is -0.170. The van der Waals surface area contributed by atoms with Crippen LogP contribution in [-0.4, -0.2) is 39.4 Å². The highest BCUT2D eigenvalue weighted by Gasteiger charge is 2.15. The van der Waals surface area contributed by atoms with Gasteiger partial charge in [-0.1, -0.05) is 13.3 Å². The molecule has 0 fully saturated rings. The summed E-state index contributed by atoms with van der Waals surface area (Å²) in [4.78, 5) is 0. The minimum Gasteiger partial charge on any atom is -0.330 e. The summed E-state index contributed by atoms with van der Waals surface area (Å²) in [6.07, 6.45) is 3.60. The number of unbranched alkanes of at least 4 members (excludes halogenated alkanes) is 2. The summed E-state index contributed by atoms with van der Waals surface area (Å²) in [6, 6.07) is 0. The van der Waals surface area contributed by atoms with Crippen LogP contribution in [0.25, 0.3) is 0 Å². The lowest BCUT2D eigenvalue weighted by Crippen LogP contribution is -2.39. The van der Waals surface area contributed by atoms with Crippen molar-refractivity contribution in [3.05, 3.63) is 0 Å². The van der Waals surface area contributed by atoms with E-state index >= 15 is 0 Å². The van der Waals surface area contributed by atoms with Gasteiger partial charge in [-0.2, -0.15) is 12.7 Å². The van der Waals surface area contributed by atoms with Crippen LogP contribution in [0.5, 0.6) is 0 Å². The van der Waals surface area contributed by atoms with E-state index in [-0.39, 0.29) is 0 Å². The molecule has 3 N–H and O–H groups in total. The molecule has 0 unspecified atom stereocenters. The summed E-state index contributed by atoms with van der Waals surface area (Å²) in [5.41, 5.74) is 5.35.